The van der Waals surface area contributed by atoms with E-state index in [0.29, 0.717) is 11.1 Å². The van der Waals surface area contributed by atoms with Crippen molar-refractivity contribution in [2.75, 3.05) is 0 Å². The second-order valence-electron chi connectivity index (χ2n) is 11.6. The molecule has 1 atom stereocenters. The van der Waals surface area contributed by atoms with E-state index in [4.69, 9.17) is 11.0 Å². The van der Waals surface area contributed by atoms with Crippen molar-refractivity contribution in [1.29, 1.82) is 0 Å². The number of nitrogens with zero attached hydrogens (tertiary/aromatic N) is 2. The van der Waals surface area contributed by atoms with Gasteiger partial charge in [-0.15, -0.1) is 46.7 Å². The molecule has 0 N–H and O–H groups in total. The zero-order valence-electron chi connectivity index (χ0n) is 32.8. The van der Waals surface area contributed by atoms with Crippen LogP contribution in [-0.4, -0.2) is 4.98 Å². The van der Waals surface area contributed by atoms with Crippen molar-refractivity contribution in [3.05, 3.63) is 155 Å². The van der Waals surface area contributed by atoms with Gasteiger partial charge in [0.05, 0.1) is 0 Å². The van der Waals surface area contributed by atoms with Crippen LogP contribution in [0.2, 0.25) is 0 Å². The molecule has 5 aromatic carbocycles. The van der Waals surface area contributed by atoms with E-state index < -0.39 is 31.5 Å². The fraction of sp³-hybridized carbons (Fsp3) is 0.195. The molecule has 3 heteroatoms. The summed E-state index contributed by atoms with van der Waals surface area (Å²) in [6.07, 6.45) is 2.85. The van der Waals surface area contributed by atoms with E-state index in [1.54, 1.807) is 6.20 Å². The van der Waals surface area contributed by atoms with Crippen molar-refractivity contribution < 1.29 is 31.1 Å². The number of rotatable bonds is 3. The maximum absolute atomic E-state index is 8.21. The van der Waals surface area contributed by atoms with Crippen LogP contribution in [0.15, 0.2) is 127 Å². The van der Waals surface area contributed by atoms with Crippen LogP contribution < -0.4 is 0 Å². The molecular weight excluding hydrogens is 713 g/mol. The van der Waals surface area contributed by atoms with Gasteiger partial charge < -0.3 is 10.3 Å². The van der Waals surface area contributed by atoms with E-state index in [-0.39, 0.29) is 31.3 Å². The molecule has 44 heavy (non-hydrogen) atoms. The van der Waals surface area contributed by atoms with Gasteiger partial charge in [-0.1, -0.05) is 110 Å². The van der Waals surface area contributed by atoms with Crippen LogP contribution in [0.4, 0.5) is 0 Å². The van der Waals surface area contributed by atoms with Crippen LogP contribution in [-0.2, 0) is 26.5 Å². The van der Waals surface area contributed by atoms with Gasteiger partial charge in [0.1, 0.15) is 0 Å². The third-order valence-corrected chi connectivity index (χ3v) is 7.26. The molecule has 0 spiro atoms. The summed E-state index contributed by atoms with van der Waals surface area (Å²) in [5.74, 6) is 0. The molecule has 0 fully saturated rings. The fourth-order valence-electron chi connectivity index (χ4n) is 5.33. The van der Waals surface area contributed by atoms with E-state index in [2.05, 4.69) is 46.7 Å². The molecule has 2 heterocycles. The standard InChI is InChI=1S/C25H19N.C16H18N.Ir/c1-16-13-25(26-15-17(16)2)18-11-12-23-21-9-4-3-7-19(21)20-8-5-6-10-22(20)24(23)14-18;1-16(2,3)11-13-9-10-15(17-12-13)14-7-5-4-6-8-14;/h3-10,12-15,25H,1-2H3;4-7,9-10,12H,11H2,1-3H3;/q-2;-1;+3/i1D3,2D3;11D2;. The van der Waals surface area contributed by atoms with E-state index in [1.165, 1.54) is 12.3 Å². The third kappa shape index (κ3) is 6.86. The van der Waals surface area contributed by atoms with Crippen LogP contribution in [0.5, 0.6) is 0 Å². The summed E-state index contributed by atoms with van der Waals surface area (Å²) in [7, 11) is 0. The van der Waals surface area contributed by atoms with Crippen molar-refractivity contribution >= 4 is 32.3 Å². The summed E-state index contributed by atoms with van der Waals surface area (Å²) in [6.45, 7) is 0.592. The quantitative estimate of drug-likeness (QED) is 0.130. The smallest absolute Gasteiger partial charge is 0.683 e. The number of aromatic nitrogens is 1. The number of benzene rings is 5. The van der Waals surface area contributed by atoms with E-state index >= 15 is 0 Å². The third-order valence-electron chi connectivity index (χ3n) is 7.26. The van der Waals surface area contributed by atoms with Gasteiger partial charge in [0.15, 0.2) is 0 Å². The predicted molar refractivity (Wildman–Crippen MR) is 183 cm³/mol. The Morgan fingerprint density at radius 1 is 0.795 bits per heavy atom. The van der Waals surface area contributed by atoms with Crippen molar-refractivity contribution in [2.45, 2.75) is 46.9 Å². The van der Waals surface area contributed by atoms with Gasteiger partial charge in [-0.2, -0.15) is 30.0 Å². The number of fused-ring (bicyclic) bond motifs is 6. The van der Waals surface area contributed by atoms with Crippen molar-refractivity contribution in [3.8, 4) is 11.3 Å². The largest absolute Gasteiger partial charge is 3.00 e. The molecule has 2 nitrogen and oxygen atoms in total. The van der Waals surface area contributed by atoms with Crippen LogP contribution in [0.25, 0.3) is 48.9 Å². The van der Waals surface area contributed by atoms with Crippen molar-refractivity contribution in [2.24, 2.45) is 5.41 Å². The van der Waals surface area contributed by atoms with Gasteiger partial charge >= 0.3 is 20.1 Å². The average molecular weight is 758 g/mol. The molecule has 0 radical (unpaired) electrons. The Bertz CT molecular complexity index is 2230. The summed E-state index contributed by atoms with van der Waals surface area (Å²) >= 11 is 0. The predicted octanol–water partition coefficient (Wildman–Crippen LogP) is 11.4. The van der Waals surface area contributed by atoms with Crippen molar-refractivity contribution in [1.82, 2.24) is 4.98 Å². The molecule has 7 rings (SSSR count). The Morgan fingerprint density at radius 3 is 2.05 bits per heavy atom. The molecule has 0 aliphatic carbocycles. The first-order valence-electron chi connectivity index (χ1n) is 18.3. The zero-order valence-corrected chi connectivity index (χ0v) is 27.2. The summed E-state index contributed by atoms with van der Waals surface area (Å²) in [5, 5.41) is 11.0. The maximum Gasteiger partial charge on any atom is 3.00 e. The molecule has 0 saturated heterocycles. The number of pyridine rings is 1. The minimum absolute atomic E-state index is 0. The Labute approximate surface area is 286 Å². The molecular formula is C41H37IrN2. The van der Waals surface area contributed by atoms with Gasteiger partial charge in [-0.05, 0) is 52.9 Å². The van der Waals surface area contributed by atoms with Gasteiger partial charge in [-0.3, -0.25) is 0 Å². The minimum Gasteiger partial charge on any atom is -0.683 e. The molecule has 1 unspecified atom stereocenters. The maximum atomic E-state index is 8.21. The number of hydrogen-bond acceptors (Lipinski definition) is 1. The van der Waals surface area contributed by atoms with Gasteiger partial charge in [0, 0.05) is 17.2 Å². The van der Waals surface area contributed by atoms with Crippen LogP contribution in [0.1, 0.15) is 62.6 Å². The Kier molecular flexibility index (Phi) is 6.79. The molecule has 1 aromatic heterocycles. The van der Waals surface area contributed by atoms with Crippen LogP contribution >= 0.6 is 0 Å². The van der Waals surface area contributed by atoms with Crippen molar-refractivity contribution in [3.63, 3.8) is 0 Å². The molecule has 0 saturated carbocycles. The first-order valence-corrected chi connectivity index (χ1v) is 14.3. The summed E-state index contributed by atoms with van der Waals surface area (Å²) in [6, 6.07) is 37.4. The van der Waals surface area contributed by atoms with Gasteiger partial charge in [0.25, 0.3) is 0 Å². The second-order valence-corrected chi connectivity index (χ2v) is 11.6. The summed E-state index contributed by atoms with van der Waals surface area (Å²) in [5.41, 5.74) is 2.18. The molecule has 1 aliphatic rings. The molecule has 0 amide bonds. The monoisotopic (exact) mass is 758 g/mol. The number of hydrogen-bond donors (Lipinski definition) is 0. The molecule has 1 aliphatic heterocycles. The van der Waals surface area contributed by atoms with Gasteiger partial charge in [-0.25, -0.2) is 0 Å². The summed E-state index contributed by atoms with van der Waals surface area (Å²) < 4.78 is 63.0. The Balaban J connectivity index is 0.000000225. The molecule has 0 bridgehead atoms. The SMILES string of the molecule is [2H]C([2H])([2H])C1=C[N-]C(c2[c-]cc3c4ccccc4c4ccccc4c3c2)C=C1C([2H])([2H])[2H].[2H]C([2H])(c1ccc(-c2[c-]cccc2)nc1)C(C)(C)C.[Ir+3]. The molecule has 220 valence electrons. The molecule has 6 aromatic rings. The van der Waals surface area contributed by atoms with Crippen LogP contribution in [0, 0.1) is 17.5 Å². The Morgan fingerprint density at radius 2 is 1.45 bits per heavy atom. The number of allylic oxidation sites excluding steroid dienone is 2. The Hall–Kier alpha value is -4.04. The normalized spacial score (nSPS) is 18.2. The van der Waals surface area contributed by atoms with Crippen LogP contribution in [0.3, 0.4) is 0 Å². The average Bonchev–Trinajstić information content (AvgIpc) is 3.11. The fourth-order valence-corrected chi connectivity index (χ4v) is 5.33. The topological polar surface area (TPSA) is 27.0 Å². The zero-order chi connectivity index (χ0) is 36.8. The first-order chi connectivity index (χ1) is 24.0. The van der Waals surface area contributed by atoms with E-state index in [0.717, 1.165) is 43.6 Å². The first kappa shape index (κ1) is 22.5. The second kappa shape index (κ2) is 13.3. The minimum atomic E-state index is -2.55. The van der Waals surface area contributed by atoms with E-state index in [1.807, 2.05) is 93.6 Å². The van der Waals surface area contributed by atoms with Gasteiger partial charge in [0.2, 0.25) is 0 Å². The summed E-state index contributed by atoms with van der Waals surface area (Å²) in [4.78, 5) is 4.36. The van der Waals surface area contributed by atoms with E-state index in [9.17, 15) is 0 Å².